The summed E-state index contributed by atoms with van der Waals surface area (Å²) >= 11 is 0. The normalized spacial score (nSPS) is 11.3. The molecule has 2 nitrogen and oxygen atoms in total. The zero-order valence-corrected chi connectivity index (χ0v) is 28.4. The Bertz CT molecular complexity index is 1290. The molecule has 0 aliphatic heterocycles. The van der Waals surface area contributed by atoms with E-state index in [0.717, 1.165) is 32.4 Å². The van der Waals surface area contributed by atoms with Gasteiger partial charge in [0.15, 0.2) is 0 Å². The van der Waals surface area contributed by atoms with Gasteiger partial charge >= 0.3 is 0 Å². The van der Waals surface area contributed by atoms with Crippen LogP contribution in [0.2, 0.25) is 0 Å². The van der Waals surface area contributed by atoms with Gasteiger partial charge in [-0.1, -0.05) is 122 Å². The van der Waals surface area contributed by atoms with Gasteiger partial charge in [-0.05, 0) is 122 Å². The van der Waals surface area contributed by atoms with Crippen molar-refractivity contribution >= 4 is 10.8 Å². The lowest BCUT2D eigenvalue weighted by molar-refractivity contribution is 0.434. The van der Waals surface area contributed by atoms with Gasteiger partial charge in [-0.25, -0.2) is 0 Å². The van der Waals surface area contributed by atoms with Gasteiger partial charge in [-0.3, -0.25) is 0 Å². The second-order valence-electron chi connectivity index (χ2n) is 10.2. The minimum atomic E-state index is 1.06. The number of nitrogens with zero attached hydrogens (tertiary/aromatic N) is 2. The van der Waals surface area contributed by atoms with E-state index in [4.69, 9.17) is 0 Å². The minimum Gasteiger partial charge on any atom is -0.310 e. The monoisotopic (exact) mass is 554 g/mol. The summed E-state index contributed by atoms with van der Waals surface area (Å²) in [7, 11) is 8.22. The summed E-state index contributed by atoms with van der Waals surface area (Å²) in [6.07, 6.45) is 3.19. The standard InChI is InChI=1S/C25H18.2C4H11N.3C2H6/c1-2-6-17-14-23-19(11-16(17)5-1)9-10-20-13-21-12-18-7-3-4-8-22(18)25(21)15-24(20)23;2*1-4-5(2)3;3*1-2/h1-10,13,15H,11-12,14H2;2*4H2,1-3H3;3*1-2H3. The second kappa shape index (κ2) is 19.2. The molecule has 0 spiro atoms. The van der Waals surface area contributed by atoms with E-state index in [9.17, 15) is 0 Å². The van der Waals surface area contributed by atoms with Crippen molar-refractivity contribution in [3.05, 3.63) is 106 Å². The maximum atomic E-state index is 2.46. The van der Waals surface area contributed by atoms with Crippen LogP contribution in [0.5, 0.6) is 0 Å². The Morgan fingerprint density at radius 2 is 0.951 bits per heavy atom. The first kappa shape index (κ1) is 36.1. The summed E-state index contributed by atoms with van der Waals surface area (Å²) in [6.45, 7) is 18.5. The Balaban J connectivity index is 0.000000446. The second-order valence-corrected chi connectivity index (χ2v) is 10.2. The number of benzene rings is 4. The molecule has 0 radical (unpaired) electrons. The molecule has 2 aliphatic carbocycles. The number of fused-ring (bicyclic) bond motifs is 7. The van der Waals surface area contributed by atoms with Crippen molar-refractivity contribution in [2.75, 3.05) is 41.3 Å². The molecule has 224 valence electrons. The van der Waals surface area contributed by atoms with E-state index in [2.05, 4.69) is 125 Å². The number of hydrogen-bond acceptors (Lipinski definition) is 2. The predicted octanol–water partition coefficient (Wildman–Crippen LogP) is 10.1. The molecule has 0 amide bonds. The third-order valence-corrected chi connectivity index (χ3v) is 7.27. The quantitative estimate of drug-likeness (QED) is 0.210. The zero-order chi connectivity index (χ0) is 30.9. The summed E-state index contributed by atoms with van der Waals surface area (Å²) in [5.74, 6) is 0. The Morgan fingerprint density at radius 3 is 1.49 bits per heavy atom. The molecule has 41 heavy (non-hydrogen) atoms. The molecule has 0 aromatic heterocycles. The van der Waals surface area contributed by atoms with E-state index in [1.165, 1.54) is 55.3 Å². The van der Waals surface area contributed by atoms with Crippen LogP contribution in [-0.2, 0) is 19.3 Å². The van der Waals surface area contributed by atoms with E-state index in [1.54, 1.807) is 0 Å². The van der Waals surface area contributed by atoms with Crippen LogP contribution in [0, 0.1) is 0 Å². The van der Waals surface area contributed by atoms with Gasteiger partial charge in [0.1, 0.15) is 0 Å². The van der Waals surface area contributed by atoms with Crippen LogP contribution in [0.15, 0.2) is 72.8 Å². The molecule has 0 N–H and O–H groups in total. The van der Waals surface area contributed by atoms with Crippen molar-refractivity contribution in [1.29, 1.82) is 0 Å². The molecule has 0 saturated heterocycles. The fourth-order valence-electron chi connectivity index (χ4n) is 4.74. The van der Waals surface area contributed by atoms with Gasteiger partial charge in [0.2, 0.25) is 0 Å². The lowest BCUT2D eigenvalue weighted by Crippen LogP contribution is -2.08. The zero-order valence-electron chi connectivity index (χ0n) is 28.4. The van der Waals surface area contributed by atoms with Gasteiger partial charge in [0.25, 0.3) is 0 Å². The largest absolute Gasteiger partial charge is 0.310 e. The highest BCUT2D eigenvalue weighted by molar-refractivity contribution is 5.95. The van der Waals surface area contributed by atoms with Gasteiger partial charge in [0, 0.05) is 0 Å². The maximum Gasteiger partial charge on any atom is -0.00132 e. The molecule has 4 aromatic carbocycles. The molecular formula is C39H58N2. The fourth-order valence-corrected chi connectivity index (χ4v) is 4.74. The van der Waals surface area contributed by atoms with E-state index in [-0.39, 0.29) is 0 Å². The van der Waals surface area contributed by atoms with Crippen molar-refractivity contribution in [3.63, 3.8) is 0 Å². The van der Waals surface area contributed by atoms with Crippen molar-refractivity contribution in [2.45, 2.75) is 74.7 Å². The molecule has 2 heteroatoms. The van der Waals surface area contributed by atoms with Crippen LogP contribution in [0.3, 0.4) is 0 Å². The van der Waals surface area contributed by atoms with Crippen molar-refractivity contribution in [1.82, 2.24) is 9.80 Å². The van der Waals surface area contributed by atoms with Gasteiger partial charge < -0.3 is 9.80 Å². The minimum absolute atomic E-state index is 1.06. The lowest BCUT2D eigenvalue weighted by atomic mass is 9.83. The van der Waals surface area contributed by atoms with E-state index in [1.807, 2.05) is 41.5 Å². The average Bonchev–Trinajstić information content (AvgIpc) is 3.40. The Hall–Kier alpha value is -2.94. The van der Waals surface area contributed by atoms with Crippen LogP contribution in [0.25, 0.3) is 21.9 Å². The van der Waals surface area contributed by atoms with Gasteiger partial charge in [-0.15, -0.1) is 0 Å². The number of hydrogen-bond donors (Lipinski definition) is 0. The first-order chi connectivity index (χ1) is 19.9. The van der Waals surface area contributed by atoms with E-state index >= 15 is 0 Å². The van der Waals surface area contributed by atoms with Crippen LogP contribution < -0.4 is 0 Å². The molecule has 0 fully saturated rings. The summed E-state index contributed by atoms with van der Waals surface area (Å²) in [5, 5.41) is 2.84. The SMILES string of the molecule is CC.CC.CC.CCN(C)C.CCN(C)C.c1ccc2c(c1)Cc1ccc3cc4c(cc3c1C2)-c1ccccc1C4. The van der Waals surface area contributed by atoms with Crippen LogP contribution in [-0.4, -0.2) is 51.1 Å². The average molecular weight is 555 g/mol. The highest BCUT2D eigenvalue weighted by atomic mass is 15.0. The van der Waals surface area contributed by atoms with E-state index in [0.29, 0.717) is 0 Å². The summed E-state index contributed by atoms with van der Waals surface area (Å²) in [4.78, 5) is 4.25. The maximum absolute atomic E-state index is 2.46. The Kier molecular flexibility index (Phi) is 16.9. The van der Waals surface area contributed by atoms with Gasteiger partial charge in [0.05, 0.1) is 0 Å². The lowest BCUT2D eigenvalue weighted by Gasteiger charge is -2.22. The van der Waals surface area contributed by atoms with Crippen molar-refractivity contribution in [2.24, 2.45) is 0 Å². The van der Waals surface area contributed by atoms with Gasteiger partial charge in [-0.2, -0.15) is 0 Å². The predicted molar refractivity (Wildman–Crippen MR) is 187 cm³/mol. The Labute approximate surface area is 253 Å². The van der Waals surface area contributed by atoms with E-state index < -0.39 is 0 Å². The third kappa shape index (κ3) is 9.83. The summed E-state index contributed by atoms with van der Waals surface area (Å²) in [6, 6.07) is 27.3. The summed E-state index contributed by atoms with van der Waals surface area (Å²) < 4.78 is 0. The van der Waals surface area contributed by atoms with Crippen LogP contribution in [0.1, 0.15) is 88.8 Å². The molecule has 6 rings (SSSR count). The fraction of sp³-hybridized carbons (Fsp3) is 0.436. The van der Waals surface area contributed by atoms with Crippen LogP contribution >= 0.6 is 0 Å². The molecule has 2 aliphatic rings. The first-order valence-corrected chi connectivity index (χ1v) is 15.9. The Morgan fingerprint density at radius 1 is 0.488 bits per heavy atom. The molecule has 4 aromatic rings. The summed E-state index contributed by atoms with van der Waals surface area (Å²) in [5.41, 5.74) is 11.8. The molecule has 0 bridgehead atoms. The molecule has 0 atom stereocenters. The molecule has 0 heterocycles. The van der Waals surface area contributed by atoms with Crippen molar-refractivity contribution < 1.29 is 0 Å². The van der Waals surface area contributed by atoms with Crippen LogP contribution in [0.4, 0.5) is 0 Å². The first-order valence-electron chi connectivity index (χ1n) is 15.9. The highest BCUT2D eigenvalue weighted by Crippen LogP contribution is 2.41. The molecule has 0 unspecified atom stereocenters. The highest BCUT2D eigenvalue weighted by Gasteiger charge is 2.22. The molecular weight excluding hydrogens is 496 g/mol. The molecule has 0 saturated carbocycles. The smallest absolute Gasteiger partial charge is 0.00132 e. The topological polar surface area (TPSA) is 6.48 Å². The van der Waals surface area contributed by atoms with Crippen molar-refractivity contribution in [3.8, 4) is 11.1 Å². The third-order valence-electron chi connectivity index (χ3n) is 7.27. The number of rotatable bonds is 2.